The van der Waals surface area contributed by atoms with E-state index in [2.05, 4.69) is 33.5 Å². The van der Waals surface area contributed by atoms with E-state index in [1.54, 1.807) is 24.3 Å². The molecule has 5 nitrogen and oxygen atoms in total. The molecule has 0 aliphatic heterocycles. The van der Waals surface area contributed by atoms with E-state index in [1.807, 2.05) is 48.5 Å². The van der Waals surface area contributed by atoms with Crippen LogP contribution < -0.4 is 15.4 Å². The number of carbonyl (C=O) groups is 2. The van der Waals surface area contributed by atoms with Gasteiger partial charge in [-0.15, -0.1) is 0 Å². The first kappa shape index (κ1) is 21.6. The highest BCUT2D eigenvalue weighted by molar-refractivity contribution is 9.10. The fourth-order valence-corrected chi connectivity index (χ4v) is 3.42. The molecule has 0 saturated heterocycles. The highest BCUT2D eigenvalue weighted by atomic mass is 79.9. The number of aryl methyl sites for hydroxylation is 1. The standard InChI is InChI=1S/C24H23BrN2O3/c1-2-17-11-12-22(21(25)13-17)30-16-24(29)27-20-10-6-9-19(15-20)26-23(28)14-18-7-4-3-5-8-18/h3-13,15H,2,14,16H2,1H3,(H,26,28)(H,27,29). The minimum atomic E-state index is -0.283. The molecule has 0 aliphatic rings. The first-order chi connectivity index (χ1) is 14.5. The first-order valence-electron chi connectivity index (χ1n) is 9.68. The zero-order valence-electron chi connectivity index (χ0n) is 16.7. The van der Waals surface area contributed by atoms with E-state index in [0.29, 0.717) is 17.1 Å². The smallest absolute Gasteiger partial charge is 0.262 e. The normalized spacial score (nSPS) is 10.3. The van der Waals surface area contributed by atoms with E-state index in [4.69, 9.17) is 4.74 Å². The molecule has 2 amide bonds. The zero-order valence-corrected chi connectivity index (χ0v) is 18.2. The van der Waals surface area contributed by atoms with Gasteiger partial charge in [0.05, 0.1) is 10.9 Å². The Hall–Kier alpha value is -3.12. The molecular formula is C24H23BrN2O3. The van der Waals surface area contributed by atoms with Gasteiger partial charge in [-0.3, -0.25) is 9.59 Å². The third kappa shape index (κ3) is 6.46. The van der Waals surface area contributed by atoms with Crippen molar-refractivity contribution in [1.29, 1.82) is 0 Å². The van der Waals surface area contributed by atoms with Crippen molar-refractivity contribution in [2.75, 3.05) is 17.2 Å². The number of hydrogen-bond donors (Lipinski definition) is 2. The van der Waals surface area contributed by atoms with Crippen LogP contribution in [0.3, 0.4) is 0 Å². The van der Waals surface area contributed by atoms with E-state index in [-0.39, 0.29) is 24.8 Å². The second kappa shape index (κ2) is 10.6. The topological polar surface area (TPSA) is 67.4 Å². The largest absolute Gasteiger partial charge is 0.483 e. The van der Waals surface area contributed by atoms with Gasteiger partial charge >= 0.3 is 0 Å². The Morgan fingerprint density at radius 3 is 2.20 bits per heavy atom. The summed E-state index contributed by atoms with van der Waals surface area (Å²) in [5, 5.41) is 5.64. The van der Waals surface area contributed by atoms with Crippen LogP contribution in [0.5, 0.6) is 5.75 Å². The minimum Gasteiger partial charge on any atom is -0.483 e. The fraction of sp³-hybridized carbons (Fsp3) is 0.167. The monoisotopic (exact) mass is 466 g/mol. The van der Waals surface area contributed by atoms with E-state index in [0.717, 1.165) is 16.5 Å². The van der Waals surface area contributed by atoms with Gasteiger partial charge in [-0.1, -0.05) is 49.4 Å². The quantitative estimate of drug-likeness (QED) is 0.478. The van der Waals surface area contributed by atoms with Crippen LogP contribution in [0.25, 0.3) is 0 Å². The van der Waals surface area contributed by atoms with Gasteiger partial charge in [-0.25, -0.2) is 0 Å². The number of halogens is 1. The molecule has 0 unspecified atom stereocenters. The van der Waals surface area contributed by atoms with Gasteiger partial charge in [-0.2, -0.15) is 0 Å². The maximum atomic E-state index is 12.3. The number of benzene rings is 3. The number of carbonyl (C=O) groups excluding carboxylic acids is 2. The second-order valence-electron chi connectivity index (χ2n) is 6.75. The Bertz CT molecular complexity index is 1020. The molecule has 3 aromatic rings. The van der Waals surface area contributed by atoms with Gasteiger partial charge in [0.25, 0.3) is 5.91 Å². The lowest BCUT2D eigenvalue weighted by Crippen LogP contribution is -2.20. The Balaban J connectivity index is 1.53. The van der Waals surface area contributed by atoms with Crippen molar-refractivity contribution in [3.8, 4) is 5.75 Å². The third-order valence-corrected chi connectivity index (χ3v) is 5.02. The van der Waals surface area contributed by atoms with Crippen molar-refractivity contribution in [3.63, 3.8) is 0 Å². The summed E-state index contributed by atoms with van der Waals surface area (Å²) in [6.45, 7) is 1.96. The first-order valence-corrected chi connectivity index (χ1v) is 10.5. The summed E-state index contributed by atoms with van der Waals surface area (Å²) >= 11 is 3.46. The number of anilines is 2. The highest BCUT2D eigenvalue weighted by Gasteiger charge is 2.09. The molecule has 0 saturated carbocycles. The summed E-state index contributed by atoms with van der Waals surface area (Å²) in [6, 6.07) is 22.4. The molecule has 0 atom stereocenters. The summed E-state index contributed by atoms with van der Waals surface area (Å²) < 4.78 is 6.42. The van der Waals surface area contributed by atoms with E-state index >= 15 is 0 Å². The van der Waals surface area contributed by atoms with Crippen LogP contribution in [0.2, 0.25) is 0 Å². The maximum absolute atomic E-state index is 12.3. The predicted octanol–water partition coefficient (Wildman–Crippen LogP) is 5.21. The lowest BCUT2D eigenvalue weighted by atomic mass is 10.1. The Labute approximate surface area is 184 Å². The van der Waals surface area contributed by atoms with Gasteiger partial charge in [0.1, 0.15) is 5.75 Å². The molecule has 3 rings (SSSR count). The summed E-state index contributed by atoms with van der Waals surface area (Å²) in [5.74, 6) is 0.215. The highest BCUT2D eigenvalue weighted by Crippen LogP contribution is 2.26. The number of hydrogen-bond acceptors (Lipinski definition) is 3. The van der Waals surface area contributed by atoms with E-state index in [1.165, 1.54) is 5.56 Å². The summed E-state index contributed by atoms with van der Waals surface area (Å²) in [5.41, 5.74) is 3.33. The van der Waals surface area contributed by atoms with Crippen molar-refractivity contribution < 1.29 is 14.3 Å². The minimum absolute atomic E-state index is 0.116. The Morgan fingerprint density at radius 1 is 0.833 bits per heavy atom. The molecule has 30 heavy (non-hydrogen) atoms. The van der Waals surface area contributed by atoms with Gasteiger partial charge in [0, 0.05) is 11.4 Å². The number of ether oxygens (including phenoxy) is 1. The van der Waals surface area contributed by atoms with Crippen LogP contribution in [0, 0.1) is 0 Å². The van der Waals surface area contributed by atoms with Gasteiger partial charge in [0.2, 0.25) is 5.91 Å². The van der Waals surface area contributed by atoms with Gasteiger partial charge in [-0.05, 0) is 63.8 Å². The van der Waals surface area contributed by atoms with Crippen molar-refractivity contribution in [2.24, 2.45) is 0 Å². The molecule has 0 aromatic heterocycles. The molecule has 0 fully saturated rings. The van der Waals surface area contributed by atoms with Gasteiger partial charge < -0.3 is 15.4 Å². The molecule has 0 bridgehead atoms. The predicted molar refractivity (Wildman–Crippen MR) is 123 cm³/mol. The van der Waals surface area contributed by atoms with Crippen LogP contribution in [0.1, 0.15) is 18.1 Å². The van der Waals surface area contributed by atoms with E-state index in [9.17, 15) is 9.59 Å². The second-order valence-corrected chi connectivity index (χ2v) is 7.60. The third-order valence-electron chi connectivity index (χ3n) is 4.40. The number of nitrogens with one attached hydrogen (secondary N) is 2. The Morgan fingerprint density at radius 2 is 1.53 bits per heavy atom. The van der Waals surface area contributed by atoms with Crippen molar-refractivity contribution in [2.45, 2.75) is 19.8 Å². The average Bonchev–Trinajstić information content (AvgIpc) is 2.73. The lowest BCUT2D eigenvalue weighted by molar-refractivity contribution is -0.118. The lowest BCUT2D eigenvalue weighted by Gasteiger charge is -2.11. The molecule has 0 spiro atoms. The molecule has 0 heterocycles. The molecular weight excluding hydrogens is 444 g/mol. The van der Waals surface area contributed by atoms with E-state index < -0.39 is 0 Å². The van der Waals surface area contributed by atoms with Crippen LogP contribution >= 0.6 is 15.9 Å². The fourth-order valence-electron chi connectivity index (χ4n) is 2.88. The summed E-state index contributed by atoms with van der Waals surface area (Å²) in [7, 11) is 0. The molecule has 0 radical (unpaired) electrons. The van der Waals surface area contributed by atoms with Crippen LogP contribution in [0.4, 0.5) is 11.4 Å². The summed E-state index contributed by atoms with van der Waals surface area (Å²) in [6.07, 6.45) is 1.22. The van der Waals surface area contributed by atoms with Crippen LogP contribution in [-0.2, 0) is 22.4 Å². The maximum Gasteiger partial charge on any atom is 0.262 e. The SMILES string of the molecule is CCc1ccc(OCC(=O)Nc2cccc(NC(=O)Cc3ccccc3)c2)c(Br)c1. The number of rotatable bonds is 8. The molecule has 0 aliphatic carbocycles. The Kier molecular flexibility index (Phi) is 7.63. The van der Waals surface area contributed by atoms with Crippen molar-refractivity contribution in [1.82, 2.24) is 0 Å². The van der Waals surface area contributed by atoms with Crippen LogP contribution in [0.15, 0.2) is 77.3 Å². The van der Waals surface area contributed by atoms with Crippen molar-refractivity contribution >= 4 is 39.1 Å². The van der Waals surface area contributed by atoms with Gasteiger partial charge in [0.15, 0.2) is 6.61 Å². The van der Waals surface area contributed by atoms with Crippen molar-refractivity contribution in [3.05, 3.63) is 88.4 Å². The molecule has 6 heteroatoms. The number of amides is 2. The van der Waals surface area contributed by atoms with Crippen LogP contribution in [-0.4, -0.2) is 18.4 Å². The molecule has 154 valence electrons. The molecule has 3 aromatic carbocycles. The molecule has 2 N–H and O–H groups in total. The zero-order chi connectivity index (χ0) is 21.3. The summed E-state index contributed by atoms with van der Waals surface area (Å²) in [4.78, 5) is 24.5. The average molecular weight is 467 g/mol.